The third-order valence-corrected chi connectivity index (χ3v) is 4.96. The maximum absolute atomic E-state index is 13.8. The molecule has 0 unspecified atom stereocenters. The first kappa shape index (κ1) is 26.3. The summed E-state index contributed by atoms with van der Waals surface area (Å²) in [5.41, 5.74) is -0.701. The number of ether oxygens (including phenoxy) is 2. The van der Waals surface area contributed by atoms with Crippen molar-refractivity contribution >= 4 is 11.9 Å². The van der Waals surface area contributed by atoms with Gasteiger partial charge >= 0.3 is 11.9 Å². The zero-order valence-corrected chi connectivity index (χ0v) is 18.2. The molecule has 0 spiro atoms. The number of esters is 2. The average molecular weight is 472 g/mol. The first-order valence-corrected chi connectivity index (χ1v) is 10.8. The van der Waals surface area contributed by atoms with E-state index < -0.39 is 52.3 Å². The quantitative estimate of drug-likeness (QED) is 0.0842. The second-order valence-corrected chi connectivity index (χ2v) is 7.44. The number of carbonyl (C=O) groups excluding carboxylic acids is 2. The number of benzene rings is 2. The van der Waals surface area contributed by atoms with Crippen LogP contribution in [0.25, 0.3) is 0 Å². The van der Waals surface area contributed by atoms with Crippen LogP contribution in [0.3, 0.4) is 0 Å². The molecule has 0 fully saturated rings. The molecule has 0 aliphatic rings. The molecular weight excluding hydrogens is 447 g/mol. The summed E-state index contributed by atoms with van der Waals surface area (Å²) < 4.78 is 77.0. The van der Waals surface area contributed by atoms with Crippen LogP contribution in [0.5, 0.6) is 5.75 Å². The summed E-state index contributed by atoms with van der Waals surface area (Å²) in [5.74, 6) is -15.6. The van der Waals surface area contributed by atoms with Gasteiger partial charge in [0.2, 0.25) is 34.8 Å². The van der Waals surface area contributed by atoms with Crippen LogP contribution < -0.4 is 4.74 Å². The van der Waals surface area contributed by atoms with Gasteiger partial charge < -0.3 is 9.47 Å². The van der Waals surface area contributed by atoms with Crippen LogP contribution in [0.15, 0.2) is 24.3 Å². The number of rotatable bonds is 12. The minimum Gasteiger partial charge on any atom is -0.462 e. The highest BCUT2D eigenvalue weighted by atomic mass is 19.2. The second kappa shape index (κ2) is 12.9. The molecule has 4 nitrogen and oxygen atoms in total. The Morgan fingerprint density at radius 1 is 0.667 bits per heavy atom. The van der Waals surface area contributed by atoms with Crippen LogP contribution in [0.4, 0.5) is 22.0 Å². The first-order chi connectivity index (χ1) is 15.8. The van der Waals surface area contributed by atoms with Crippen LogP contribution in [-0.4, -0.2) is 18.5 Å². The van der Waals surface area contributed by atoms with Gasteiger partial charge in [0, 0.05) is 0 Å². The van der Waals surface area contributed by atoms with Crippen molar-refractivity contribution in [2.75, 3.05) is 6.61 Å². The minimum atomic E-state index is -2.38. The van der Waals surface area contributed by atoms with Crippen molar-refractivity contribution in [2.24, 2.45) is 0 Å². The maximum Gasteiger partial charge on any atom is 0.344 e. The van der Waals surface area contributed by atoms with Crippen molar-refractivity contribution < 1.29 is 41.0 Å². The lowest BCUT2D eigenvalue weighted by Crippen LogP contribution is -2.18. The molecule has 0 saturated heterocycles. The maximum atomic E-state index is 13.8. The van der Waals surface area contributed by atoms with Gasteiger partial charge in [-0.3, -0.25) is 0 Å². The number of hydrogen-bond acceptors (Lipinski definition) is 4. The lowest BCUT2D eigenvalue weighted by molar-refractivity contribution is 0.0489. The largest absolute Gasteiger partial charge is 0.462 e. The van der Waals surface area contributed by atoms with Crippen molar-refractivity contribution in [3.05, 3.63) is 64.5 Å². The van der Waals surface area contributed by atoms with E-state index in [4.69, 9.17) is 4.74 Å². The predicted molar refractivity (Wildman–Crippen MR) is 111 cm³/mol. The fraction of sp³-hybridized carbons (Fsp3) is 0.417. The molecule has 0 atom stereocenters. The predicted octanol–water partition coefficient (Wildman–Crippen LogP) is 6.90. The highest BCUT2D eigenvalue weighted by Gasteiger charge is 2.30. The van der Waals surface area contributed by atoms with E-state index in [1.54, 1.807) is 0 Å². The molecule has 2 rings (SSSR count). The summed E-state index contributed by atoms with van der Waals surface area (Å²) >= 11 is 0. The molecule has 0 aromatic heterocycles. The van der Waals surface area contributed by atoms with Crippen LogP contribution in [0.2, 0.25) is 0 Å². The van der Waals surface area contributed by atoms with Gasteiger partial charge in [-0.05, 0) is 18.6 Å². The zero-order valence-electron chi connectivity index (χ0n) is 18.2. The Kier molecular flexibility index (Phi) is 10.3. The number of carbonyl (C=O) groups is 2. The Bertz CT molecular complexity index is 949. The first-order valence-electron chi connectivity index (χ1n) is 10.8. The second-order valence-electron chi connectivity index (χ2n) is 7.44. The number of halogens is 5. The van der Waals surface area contributed by atoms with E-state index in [2.05, 4.69) is 11.7 Å². The van der Waals surface area contributed by atoms with Gasteiger partial charge in [0.05, 0.1) is 17.7 Å². The third-order valence-electron chi connectivity index (χ3n) is 4.96. The molecule has 0 amide bonds. The molecule has 180 valence electrons. The molecule has 0 N–H and O–H groups in total. The smallest absolute Gasteiger partial charge is 0.344 e. The summed E-state index contributed by atoms with van der Waals surface area (Å²) in [7, 11) is 0. The van der Waals surface area contributed by atoms with Crippen molar-refractivity contribution in [3.63, 3.8) is 0 Å². The van der Waals surface area contributed by atoms with Gasteiger partial charge in [-0.25, -0.2) is 22.8 Å². The summed E-state index contributed by atoms with van der Waals surface area (Å²) in [5, 5.41) is 0. The van der Waals surface area contributed by atoms with Gasteiger partial charge in [-0.2, -0.15) is 8.78 Å². The molecule has 0 aliphatic carbocycles. The van der Waals surface area contributed by atoms with Crippen molar-refractivity contribution in [1.82, 2.24) is 0 Å². The molecule has 0 saturated carbocycles. The SMILES string of the molecule is CCCCCCCCCCOC(=O)c1ccccc1C(=O)Oc1c(F)c(F)c(F)c(F)c1F. The van der Waals surface area contributed by atoms with E-state index in [-0.39, 0.29) is 12.2 Å². The fourth-order valence-corrected chi connectivity index (χ4v) is 3.14. The standard InChI is InChI=1S/C24H25F5O4/c1-2-3-4-5-6-7-8-11-14-32-23(30)15-12-9-10-13-16(15)24(31)33-22-20(28)18(26)17(25)19(27)21(22)29/h9-10,12-13H,2-8,11,14H2,1H3. The highest BCUT2D eigenvalue weighted by molar-refractivity contribution is 6.03. The Labute approximate surface area is 188 Å². The van der Waals surface area contributed by atoms with Gasteiger partial charge in [0.25, 0.3) is 0 Å². The third kappa shape index (κ3) is 7.00. The van der Waals surface area contributed by atoms with E-state index >= 15 is 0 Å². The van der Waals surface area contributed by atoms with Gasteiger partial charge in [-0.1, -0.05) is 64.0 Å². The van der Waals surface area contributed by atoms with E-state index in [0.717, 1.165) is 31.7 Å². The topological polar surface area (TPSA) is 52.6 Å². The Balaban J connectivity index is 1.99. The van der Waals surface area contributed by atoms with E-state index in [1.807, 2.05) is 0 Å². The summed E-state index contributed by atoms with van der Waals surface area (Å²) in [4.78, 5) is 24.7. The molecular formula is C24H25F5O4. The van der Waals surface area contributed by atoms with Crippen molar-refractivity contribution in [3.8, 4) is 5.75 Å². The molecule has 33 heavy (non-hydrogen) atoms. The summed E-state index contributed by atoms with van der Waals surface area (Å²) in [6.07, 6.45) is 8.33. The Hall–Kier alpha value is -2.97. The normalized spacial score (nSPS) is 10.8. The fourth-order valence-electron chi connectivity index (χ4n) is 3.14. The van der Waals surface area contributed by atoms with Crippen molar-refractivity contribution in [1.29, 1.82) is 0 Å². The molecule has 0 bridgehead atoms. The summed E-state index contributed by atoms with van der Waals surface area (Å²) in [6, 6.07) is 5.10. The zero-order chi connectivity index (χ0) is 24.4. The number of hydrogen-bond donors (Lipinski definition) is 0. The molecule has 2 aromatic rings. The van der Waals surface area contributed by atoms with Crippen LogP contribution in [0, 0.1) is 29.1 Å². The van der Waals surface area contributed by atoms with Gasteiger partial charge in [-0.15, -0.1) is 0 Å². The minimum absolute atomic E-state index is 0.106. The van der Waals surface area contributed by atoms with Crippen molar-refractivity contribution in [2.45, 2.75) is 58.3 Å². The summed E-state index contributed by atoms with van der Waals surface area (Å²) in [6.45, 7) is 2.25. The van der Waals surface area contributed by atoms with E-state index in [1.165, 1.54) is 37.5 Å². The van der Waals surface area contributed by atoms with Crippen LogP contribution in [0.1, 0.15) is 79.0 Å². The Morgan fingerprint density at radius 3 is 1.67 bits per heavy atom. The van der Waals surface area contributed by atoms with E-state index in [9.17, 15) is 31.5 Å². The lowest BCUT2D eigenvalue weighted by atomic mass is 10.1. The monoisotopic (exact) mass is 472 g/mol. The molecule has 0 heterocycles. The van der Waals surface area contributed by atoms with Gasteiger partial charge in [0.1, 0.15) is 0 Å². The van der Waals surface area contributed by atoms with Gasteiger partial charge in [0.15, 0.2) is 0 Å². The van der Waals surface area contributed by atoms with E-state index in [0.29, 0.717) is 6.42 Å². The molecule has 2 aromatic carbocycles. The van der Waals surface area contributed by atoms with Crippen LogP contribution in [-0.2, 0) is 4.74 Å². The van der Waals surface area contributed by atoms with Crippen LogP contribution >= 0.6 is 0 Å². The number of unbranched alkanes of at least 4 members (excludes halogenated alkanes) is 7. The Morgan fingerprint density at radius 2 is 1.12 bits per heavy atom. The molecule has 9 heteroatoms. The highest BCUT2D eigenvalue weighted by Crippen LogP contribution is 2.30. The lowest BCUT2D eigenvalue weighted by Gasteiger charge is -2.11. The molecule has 0 radical (unpaired) electrons. The average Bonchev–Trinajstić information content (AvgIpc) is 2.82. The molecule has 0 aliphatic heterocycles.